The van der Waals surface area contributed by atoms with E-state index in [4.69, 9.17) is 4.74 Å². The molecule has 0 radical (unpaired) electrons. The van der Waals surface area contributed by atoms with E-state index in [0.29, 0.717) is 31.0 Å². The minimum Gasteiger partial charge on any atom is -0.378 e. The van der Waals surface area contributed by atoms with E-state index in [-0.39, 0.29) is 17.8 Å². The first kappa shape index (κ1) is 20.4. The largest absolute Gasteiger partial charge is 0.378 e. The van der Waals surface area contributed by atoms with Crippen molar-refractivity contribution in [3.05, 3.63) is 52.6 Å². The maximum atomic E-state index is 14.3. The first-order valence-electron chi connectivity index (χ1n) is 10.0. The average Bonchev–Trinajstić information content (AvgIpc) is 2.94. The Balaban J connectivity index is 2.06. The number of ether oxygens (including phenoxy) is 1. The summed E-state index contributed by atoms with van der Waals surface area (Å²) in [6.45, 7) is 11.3. The Kier molecular flexibility index (Phi) is 6.39. The number of anilines is 1. The van der Waals surface area contributed by atoms with Crippen LogP contribution in [0.15, 0.2) is 24.3 Å². The summed E-state index contributed by atoms with van der Waals surface area (Å²) in [5, 5.41) is 3.07. The fourth-order valence-electron chi connectivity index (χ4n) is 3.82. The number of carbonyl (C=O) groups excluding carboxylic acids is 1. The molecule has 6 heteroatoms. The Morgan fingerprint density at radius 3 is 2.57 bits per heavy atom. The molecule has 3 rings (SSSR count). The molecule has 2 heterocycles. The molecule has 0 aliphatic carbocycles. The topological polar surface area (TPSA) is 46.5 Å². The summed E-state index contributed by atoms with van der Waals surface area (Å²) >= 11 is 0. The number of hydrogen-bond acceptors (Lipinski definition) is 3. The van der Waals surface area contributed by atoms with Gasteiger partial charge in [0.25, 0.3) is 5.91 Å². The third kappa shape index (κ3) is 4.07. The molecule has 1 aromatic carbocycles. The van der Waals surface area contributed by atoms with Crippen molar-refractivity contribution < 1.29 is 13.9 Å². The first-order valence-corrected chi connectivity index (χ1v) is 10.0. The molecule has 5 nitrogen and oxygen atoms in total. The van der Waals surface area contributed by atoms with E-state index in [2.05, 4.69) is 10.2 Å². The van der Waals surface area contributed by atoms with Crippen molar-refractivity contribution in [1.82, 2.24) is 9.88 Å². The van der Waals surface area contributed by atoms with Gasteiger partial charge in [0.1, 0.15) is 11.5 Å². The minimum absolute atomic E-state index is 0.0795. The molecule has 1 N–H and O–H groups in total. The molecule has 1 amide bonds. The first-order chi connectivity index (χ1) is 13.4. The van der Waals surface area contributed by atoms with Crippen LogP contribution in [0.4, 0.5) is 10.1 Å². The maximum absolute atomic E-state index is 14.3. The molecule has 1 saturated heterocycles. The van der Waals surface area contributed by atoms with Gasteiger partial charge < -0.3 is 19.5 Å². The minimum atomic E-state index is -0.255. The molecule has 1 aliphatic rings. The van der Waals surface area contributed by atoms with Crippen molar-refractivity contribution in [2.45, 2.75) is 46.7 Å². The van der Waals surface area contributed by atoms with Crippen LogP contribution in [0.5, 0.6) is 0 Å². The molecule has 0 saturated carbocycles. The molecule has 1 aliphatic heterocycles. The van der Waals surface area contributed by atoms with Gasteiger partial charge in [-0.3, -0.25) is 4.79 Å². The van der Waals surface area contributed by atoms with Crippen molar-refractivity contribution in [3.8, 4) is 0 Å². The van der Waals surface area contributed by atoms with Crippen molar-refractivity contribution in [2.75, 3.05) is 31.2 Å². The van der Waals surface area contributed by atoms with Crippen molar-refractivity contribution >= 4 is 11.6 Å². The average molecular weight is 387 g/mol. The van der Waals surface area contributed by atoms with Crippen LogP contribution in [0.25, 0.3) is 0 Å². The fourth-order valence-corrected chi connectivity index (χ4v) is 3.82. The van der Waals surface area contributed by atoms with Gasteiger partial charge in [-0.1, -0.05) is 25.1 Å². The van der Waals surface area contributed by atoms with E-state index in [9.17, 15) is 9.18 Å². The van der Waals surface area contributed by atoms with Gasteiger partial charge in [0.2, 0.25) is 0 Å². The van der Waals surface area contributed by atoms with Gasteiger partial charge in [-0.2, -0.15) is 0 Å². The van der Waals surface area contributed by atoms with E-state index in [1.165, 1.54) is 6.07 Å². The van der Waals surface area contributed by atoms with Crippen molar-refractivity contribution in [1.29, 1.82) is 0 Å². The summed E-state index contributed by atoms with van der Waals surface area (Å²) in [6, 6.07) is 6.82. The zero-order chi connectivity index (χ0) is 20.3. The Hall–Kier alpha value is -2.34. The van der Waals surface area contributed by atoms with Crippen LogP contribution in [0.2, 0.25) is 0 Å². The van der Waals surface area contributed by atoms with Gasteiger partial charge >= 0.3 is 0 Å². The van der Waals surface area contributed by atoms with E-state index in [1.54, 1.807) is 12.1 Å². The molecule has 0 bridgehead atoms. The van der Waals surface area contributed by atoms with Crippen LogP contribution < -0.4 is 10.2 Å². The lowest BCUT2D eigenvalue weighted by Gasteiger charge is -2.29. The second-order valence-corrected chi connectivity index (χ2v) is 7.47. The Morgan fingerprint density at radius 2 is 1.93 bits per heavy atom. The highest BCUT2D eigenvalue weighted by molar-refractivity contribution is 5.96. The fraction of sp³-hybridized carbons (Fsp3) is 0.500. The van der Waals surface area contributed by atoms with E-state index < -0.39 is 0 Å². The second-order valence-electron chi connectivity index (χ2n) is 7.47. The zero-order valence-corrected chi connectivity index (χ0v) is 17.2. The van der Waals surface area contributed by atoms with Gasteiger partial charge in [-0.25, -0.2) is 4.39 Å². The number of rotatable bonds is 6. The highest BCUT2D eigenvalue weighted by Gasteiger charge is 2.27. The lowest BCUT2D eigenvalue weighted by atomic mass is 10.1. The number of benzene rings is 1. The number of hydrogen-bond donors (Lipinski definition) is 1. The smallest absolute Gasteiger partial charge is 0.268 e. The number of nitrogens with zero attached hydrogens (tertiary/aromatic N) is 2. The number of carbonyl (C=O) groups is 1. The Labute approximate surface area is 166 Å². The lowest BCUT2D eigenvalue weighted by Crippen LogP contribution is -2.37. The zero-order valence-electron chi connectivity index (χ0n) is 17.2. The van der Waals surface area contributed by atoms with Gasteiger partial charge in [0.15, 0.2) is 0 Å². The molecule has 28 heavy (non-hydrogen) atoms. The van der Waals surface area contributed by atoms with Crippen LogP contribution in [0.3, 0.4) is 0 Å². The van der Waals surface area contributed by atoms with Gasteiger partial charge in [0, 0.05) is 36.0 Å². The van der Waals surface area contributed by atoms with Crippen LogP contribution in [-0.2, 0) is 11.3 Å². The molecule has 0 unspecified atom stereocenters. The van der Waals surface area contributed by atoms with Crippen LogP contribution in [-0.4, -0.2) is 42.8 Å². The van der Waals surface area contributed by atoms with Gasteiger partial charge in [-0.15, -0.1) is 0 Å². The van der Waals surface area contributed by atoms with Crippen molar-refractivity contribution in [2.24, 2.45) is 0 Å². The second kappa shape index (κ2) is 8.78. The lowest BCUT2D eigenvalue weighted by molar-refractivity contribution is 0.0929. The summed E-state index contributed by atoms with van der Waals surface area (Å²) < 4.78 is 21.8. The third-order valence-corrected chi connectivity index (χ3v) is 5.55. The van der Waals surface area contributed by atoms with Crippen molar-refractivity contribution in [3.63, 3.8) is 0 Å². The normalized spacial score (nSPS) is 15.5. The maximum Gasteiger partial charge on any atom is 0.268 e. The predicted molar refractivity (Wildman–Crippen MR) is 110 cm³/mol. The van der Waals surface area contributed by atoms with Gasteiger partial charge in [0.05, 0.1) is 25.4 Å². The van der Waals surface area contributed by atoms with E-state index in [0.717, 1.165) is 36.5 Å². The molecule has 0 spiro atoms. The number of amides is 1. The molecule has 1 fully saturated rings. The monoisotopic (exact) mass is 387 g/mol. The number of nitrogens with one attached hydrogen (secondary N) is 1. The number of aromatic nitrogens is 1. The van der Waals surface area contributed by atoms with E-state index in [1.807, 2.05) is 38.3 Å². The van der Waals surface area contributed by atoms with Crippen LogP contribution >= 0.6 is 0 Å². The third-order valence-electron chi connectivity index (χ3n) is 5.55. The summed E-state index contributed by atoms with van der Waals surface area (Å²) in [5.74, 6) is -0.361. The number of morpholine rings is 1. The standard InChI is InChI=1S/C22H30FN3O2/c1-5-15(2)24-22(27)21-16(3)20(25-10-12-28-13-11-25)17(4)26(21)14-18-8-6-7-9-19(18)23/h6-9,15H,5,10-14H2,1-4H3,(H,24,27)/t15-/m1/s1. The van der Waals surface area contributed by atoms with Crippen LogP contribution in [0.1, 0.15) is 47.6 Å². The summed E-state index contributed by atoms with van der Waals surface area (Å²) in [4.78, 5) is 15.4. The quantitative estimate of drug-likeness (QED) is 0.823. The summed E-state index contributed by atoms with van der Waals surface area (Å²) in [7, 11) is 0. The summed E-state index contributed by atoms with van der Waals surface area (Å²) in [6.07, 6.45) is 0.855. The molecule has 1 aromatic heterocycles. The predicted octanol–water partition coefficient (Wildman–Crippen LogP) is 3.66. The van der Waals surface area contributed by atoms with Gasteiger partial charge in [-0.05, 0) is 33.3 Å². The highest BCUT2D eigenvalue weighted by Crippen LogP contribution is 2.32. The molecule has 1 atom stereocenters. The van der Waals surface area contributed by atoms with E-state index >= 15 is 0 Å². The highest BCUT2D eigenvalue weighted by atomic mass is 19.1. The Morgan fingerprint density at radius 1 is 1.25 bits per heavy atom. The van der Waals surface area contributed by atoms with Crippen LogP contribution in [0, 0.1) is 19.7 Å². The summed E-state index contributed by atoms with van der Waals surface area (Å²) in [5.41, 5.74) is 4.18. The molecular weight excluding hydrogens is 357 g/mol. The molecule has 2 aromatic rings. The Bertz CT molecular complexity index is 841. The number of halogens is 1. The molecular formula is C22H30FN3O2. The SMILES string of the molecule is CC[C@@H](C)NC(=O)c1c(C)c(N2CCOCC2)c(C)n1Cc1ccccc1F. The molecule has 152 valence electrons.